The SMILES string of the molecule is C=C1CN=C(C(C)C)N1.C=C1CN=C(C(C)C)O1.C=C1N=C(C(C)C)NO1.C=C1N=C(C(C)C)NO1.CC(C)c1ncn[nH]1.Cc1c(C(C)C)c(=O)c1=O.Cc1cc(C(C)C)no1.Cc1ccc(C(C)C)c(F)c1O. The number of aliphatic imine (C=N–C) groups is 4. The van der Waals surface area contributed by atoms with Crippen molar-refractivity contribution >= 4 is 23.4 Å². The normalized spacial score (nSPS) is 14.1. The van der Waals surface area contributed by atoms with Gasteiger partial charge in [-0.25, -0.2) is 25.3 Å². The van der Waals surface area contributed by atoms with Gasteiger partial charge in [0.2, 0.25) is 22.6 Å². The molecule has 6 heterocycles. The number of phenolic OH excluding ortho intramolecular Hbond substituents is 1. The predicted octanol–water partition coefficient (Wildman–Crippen LogP) is 11.5. The molecule has 4 aliphatic heterocycles. The van der Waals surface area contributed by atoms with Crippen LogP contribution in [-0.4, -0.2) is 61.9 Å². The molecule has 4 aromatic rings. The van der Waals surface area contributed by atoms with Crippen molar-refractivity contribution in [3.8, 4) is 5.75 Å². The summed E-state index contributed by atoms with van der Waals surface area (Å²) < 4.78 is 23.3. The van der Waals surface area contributed by atoms with E-state index in [1.807, 2.05) is 68.4 Å². The predicted molar refractivity (Wildman–Crippen MR) is 301 cm³/mol. The Morgan fingerprint density at radius 2 is 1.20 bits per heavy atom. The Hall–Kier alpha value is -7.18. The van der Waals surface area contributed by atoms with Crippen LogP contribution in [0.2, 0.25) is 0 Å². The number of hydrogen-bond acceptors (Lipinski definition) is 17. The van der Waals surface area contributed by atoms with E-state index in [9.17, 15) is 19.1 Å². The van der Waals surface area contributed by atoms with Crippen LogP contribution in [-0.2, 0) is 14.4 Å². The summed E-state index contributed by atoms with van der Waals surface area (Å²) in [6, 6.07) is 5.41. The Balaban J connectivity index is 0.000000430. The third-order valence-corrected chi connectivity index (χ3v) is 10.5. The number of benzene rings is 1. The van der Waals surface area contributed by atoms with E-state index in [1.54, 1.807) is 26.0 Å². The number of phenols is 1. The van der Waals surface area contributed by atoms with Gasteiger partial charge < -0.3 is 29.4 Å². The molecule has 18 nitrogen and oxygen atoms in total. The molecule has 2 aromatic heterocycles. The first kappa shape index (κ1) is 65.8. The van der Waals surface area contributed by atoms with Crippen molar-refractivity contribution in [2.75, 3.05) is 13.1 Å². The average Bonchev–Trinajstić information content (AvgIpc) is 4.20. The number of rotatable bonds is 8. The van der Waals surface area contributed by atoms with Crippen LogP contribution in [0.4, 0.5) is 4.39 Å². The highest BCUT2D eigenvalue weighted by Gasteiger charge is 2.19. The fourth-order valence-corrected chi connectivity index (χ4v) is 6.01. The van der Waals surface area contributed by atoms with Crippen molar-refractivity contribution in [2.45, 2.75) is 155 Å². The second kappa shape index (κ2) is 32.2. The van der Waals surface area contributed by atoms with E-state index in [1.165, 1.54) is 6.33 Å². The van der Waals surface area contributed by atoms with E-state index in [0.29, 0.717) is 76.1 Å². The van der Waals surface area contributed by atoms with Crippen molar-refractivity contribution in [2.24, 2.45) is 43.6 Å². The molecule has 0 radical (unpaired) electrons. The van der Waals surface area contributed by atoms with Crippen molar-refractivity contribution < 1.29 is 28.4 Å². The fourth-order valence-electron chi connectivity index (χ4n) is 6.01. The van der Waals surface area contributed by atoms with E-state index < -0.39 is 5.82 Å². The summed E-state index contributed by atoms with van der Waals surface area (Å²) in [6.07, 6.45) is 1.52. The van der Waals surface area contributed by atoms with E-state index >= 15 is 0 Å². The van der Waals surface area contributed by atoms with Crippen LogP contribution in [0.15, 0.2) is 108 Å². The second-order valence-electron chi connectivity index (χ2n) is 20.2. The number of hydrogen-bond donors (Lipinski definition) is 5. The first-order chi connectivity index (χ1) is 34.9. The minimum atomic E-state index is -0.481. The van der Waals surface area contributed by atoms with Crippen LogP contribution in [0.5, 0.6) is 5.75 Å². The lowest BCUT2D eigenvalue weighted by atomic mass is 9.93. The smallest absolute Gasteiger partial charge is 0.240 e. The zero-order valence-electron chi connectivity index (χ0n) is 48.1. The summed E-state index contributed by atoms with van der Waals surface area (Å²) in [5.74, 6) is 9.26. The van der Waals surface area contributed by atoms with Gasteiger partial charge in [-0.05, 0) is 62.8 Å². The highest BCUT2D eigenvalue weighted by Crippen LogP contribution is 2.28. The number of aromatic hydroxyl groups is 1. The van der Waals surface area contributed by atoms with Gasteiger partial charge in [0.25, 0.3) is 0 Å². The standard InChI is InChI=1S/C10H13FO.C8H10O2.C7H12N2.2C7H11NO.2C6H10N2O.C5H9N3/c1-6(2)8-5-4-7(3)10(12)9(8)11;1-4(2)6-5(3)7(9)8(6)10;2*1-5(2)7-8-4-6(3)9-7;1-5(2)7-4-6(3)9-8-7;2*1-4(2)6-7-5(3)9-8-6;1-4(2)5-6-3-7-8-5/h4-6,12H,1-3H3;4H,1-3H3;5H,3-4H2,1-2H3,(H,8,9);5H,3-4H2,1-2H3;4-5H,1-3H3;2*4H,3H2,1-2H3,(H,7,8);3-4H,1-2H3,(H,6,7,8). The van der Waals surface area contributed by atoms with Crippen LogP contribution in [0.25, 0.3) is 0 Å². The van der Waals surface area contributed by atoms with Crippen molar-refractivity contribution in [3.05, 3.63) is 140 Å². The average molecular weight is 1040 g/mol. The number of aromatic amines is 1. The summed E-state index contributed by atoms with van der Waals surface area (Å²) in [5, 5.41) is 22.7. The lowest BCUT2D eigenvalue weighted by molar-refractivity contribution is 0.176. The van der Waals surface area contributed by atoms with Gasteiger partial charge in [0.15, 0.2) is 17.5 Å². The molecule has 0 amide bonds. The monoisotopic (exact) mass is 1040 g/mol. The van der Waals surface area contributed by atoms with Crippen LogP contribution in [0.1, 0.15) is 174 Å². The Morgan fingerprint density at radius 1 is 0.653 bits per heavy atom. The van der Waals surface area contributed by atoms with Gasteiger partial charge in [0.1, 0.15) is 47.7 Å². The zero-order chi connectivity index (χ0) is 57.4. The van der Waals surface area contributed by atoms with Crippen molar-refractivity contribution in [1.29, 1.82) is 0 Å². The molecule has 4 aliphatic rings. The summed E-state index contributed by atoms with van der Waals surface area (Å²) in [4.78, 5) is 51.3. The summed E-state index contributed by atoms with van der Waals surface area (Å²) in [5.41, 5.74) is 9.29. The molecule has 19 heteroatoms. The van der Waals surface area contributed by atoms with Gasteiger partial charge in [-0.1, -0.05) is 141 Å². The molecule has 0 saturated carbocycles. The lowest BCUT2D eigenvalue weighted by Crippen LogP contribution is -2.38. The highest BCUT2D eigenvalue weighted by atomic mass is 19.1. The van der Waals surface area contributed by atoms with Crippen LogP contribution >= 0.6 is 0 Å². The maximum atomic E-state index is 13.3. The van der Waals surface area contributed by atoms with Gasteiger partial charge in [-0.15, -0.1) is 0 Å². The quantitative estimate of drug-likeness (QED) is 0.103. The molecular weight excluding hydrogens is 958 g/mol. The maximum absolute atomic E-state index is 13.3. The van der Waals surface area contributed by atoms with E-state index in [0.717, 1.165) is 58.7 Å². The molecule has 0 atom stereocenters. The number of amidine groups is 3. The summed E-state index contributed by atoms with van der Waals surface area (Å²) in [7, 11) is 0. The number of aromatic nitrogens is 4. The van der Waals surface area contributed by atoms with Crippen LogP contribution < -0.4 is 27.1 Å². The molecule has 0 aliphatic carbocycles. The molecule has 0 saturated heterocycles. The van der Waals surface area contributed by atoms with E-state index in [-0.39, 0.29) is 28.4 Å². The van der Waals surface area contributed by atoms with Crippen molar-refractivity contribution in [1.82, 2.24) is 36.6 Å². The molecule has 5 N–H and O–H groups in total. The summed E-state index contributed by atoms with van der Waals surface area (Å²) >= 11 is 0. The van der Waals surface area contributed by atoms with Gasteiger partial charge in [-0.3, -0.25) is 19.7 Å². The number of nitrogens with one attached hydrogen (secondary N) is 4. The minimum Gasteiger partial charge on any atom is -0.505 e. The fraction of sp³-hybridized carbons (Fsp3) is 0.518. The Morgan fingerprint density at radius 3 is 1.44 bits per heavy atom. The number of nitrogens with zero attached hydrogens (tertiary/aromatic N) is 7. The third kappa shape index (κ3) is 23.3. The molecule has 0 fully saturated rings. The van der Waals surface area contributed by atoms with Gasteiger partial charge in [0, 0.05) is 52.5 Å². The largest absolute Gasteiger partial charge is 0.505 e. The topological polar surface area (TPSA) is 235 Å². The van der Waals surface area contributed by atoms with Gasteiger partial charge >= 0.3 is 0 Å². The Kier molecular flexibility index (Phi) is 28.3. The Bertz CT molecular complexity index is 2590. The summed E-state index contributed by atoms with van der Waals surface area (Å²) in [6.45, 7) is 53.6. The molecule has 2 aromatic carbocycles. The van der Waals surface area contributed by atoms with E-state index in [4.69, 9.17) is 18.9 Å². The minimum absolute atomic E-state index is 0.108. The molecule has 8 rings (SSSR count). The molecule has 75 heavy (non-hydrogen) atoms. The van der Waals surface area contributed by atoms with Gasteiger partial charge in [0.05, 0.1) is 12.2 Å². The molecule has 414 valence electrons. The zero-order valence-corrected chi connectivity index (χ0v) is 48.1. The number of ether oxygens (including phenoxy) is 1. The van der Waals surface area contributed by atoms with Crippen molar-refractivity contribution in [3.63, 3.8) is 0 Å². The second-order valence-corrected chi connectivity index (χ2v) is 20.2. The highest BCUT2D eigenvalue weighted by molar-refractivity contribution is 5.87. The number of aryl methyl sites for hydroxylation is 2. The van der Waals surface area contributed by atoms with Crippen LogP contribution in [0.3, 0.4) is 0 Å². The third-order valence-electron chi connectivity index (χ3n) is 10.5. The lowest BCUT2D eigenvalue weighted by Gasteiger charge is -2.09. The molecule has 0 bridgehead atoms. The Labute approximate surface area is 444 Å². The first-order valence-corrected chi connectivity index (χ1v) is 25.2. The van der Waals surface area contributed by atoms with Gasteiger partial charge in [-0.2, -0.15) is 15.1 Å². The number of hydroxylamine groups is 2. The number of H-pyrrole nitrogens is 1. The van der Waals surface area contributed by atoms with Crippen LogP contribution in [0, 0.1) is 50.3 Å². The molecule has 0 unspecified atom stereocenters. The maximum Gasteiger partial charge on any atom is 0.240 e. The molecule has 0 spiro atoms. The number of halogens is 1. The van der Waals surface area contributed by atoms with E-state index in [2.05, 4.69) is 138 Å². The molecular formula is C56H86FN11O7. The first-order valence-electron chi connectivity index (χ1n) is 25.2.